The van der Waals surface area contributed by atoms with Crippen molar-refractivity contribution in [2.75, 3.05) is 5.73 Å². The Bertz CT molecular complexity index is 564. The fraction of sp³-hybridized carbons (Fsp3) is 0.188. The number of carbonyl (C=O) groups excluding carboxylic acids is 1. The summed E-state index contributed by atoms with van der Waals surface area (Å²) in [5.41, 5.74) is 7.88. The van der Waals surface area contributed by atoms with E-state index in [1.165, 1.54) is 0 Å². The molecule has 0 saturated carbocycles. The number of esters is 1. The van der Waals surface area contributed by atoms with E-state index in [2.05, 4.69) is 6.92 Å². The van der Waals surface area contributed by atoms with E-state index >= 15 is 0 Å². The monoisotopic (exact) mass is 255 g/mol. The van der Waals surface area contributed by atoms with Gasteiger partial charge in [-0.3, -0.25) is 0 Å². The van der Waals surface area contributed by atoms with Crippen LogP contribution in [0.1, 0.15) is 29.3 Å². The second-order valence-corrected chi connectivity index (χ2v) is 4.37. The highest BCUT2D eigenvalue weighted by Gasteiger charge is 2.11. The summed E-state index contributed by atoms with van der Waals surface area (Å²) in [5, 5.41) is 0. The van der Waals surface area contributed by atoms with Crippen molar-refractivity contribution >= 4 is 11.7 Å². The van der Waals surface area contributed by atoms with Crippen molar-refractivity contribution in [2.24, 2.45) is 0 Å². The zero-order valence-electron chi connectivity index (χ0n) is 10.9. The van der Waals surface area contributed by atoms with Crippen LogP contribution < -0.4 is 10.5 Å². The Balaban J connectivity index is 2.23. The first-order chi connectivity index (χ1) is 9.20. The number of ether oxygens (including phenoxy) is 1. The van der Waals surface area contributed by atoms with E-state index in [9.17, 15) is 4.79 Å². The van der Waals surface area contributed by atoms with E-state index in [-0.39, 0.29) is 5.97 Å². The molecule has 0 heterocycles. The molecular formula is C16H17NO2. The molecule has 0 radical (unpaired) electrons. The molecule has 0 saturated heterocycles. The highest BCUT2D eigenvalue weighted by molar-refractivity contribution is 5.91. The van der Waals surface area contributed by atoms with Crippen molar-refractivity contribution < 1.29 is 9.53 Å². The molecule has 3 heteroatoms. The molecule has 0 spiro atoms. The smallest absolute Gasteiger partial charge is 0.343 e. The van der Waals surface area contributed by atoms with Gasteiger partial charge in [-0.15, -0.1) is 0 Å². The van der Waals surface area contributed by atoms with Crippen LogP contribution >= 0.6 is 0 Å². The minimum absolute atomic E-state index is 0.358. The normalized spacial score (nSPS) is 10.2. The predicted molar refractivity (Wildman–Crippen MR) is 76.2 cm³/mol. The van der Waals surface area contributed by atoms with E-state index in [0.29, 0.717) is 17.0 Å². The summed E-state index contributed by atoms with van der Waals surface area (Å²) in [6.45, 7) is 2.08. The summed E-state index contributed by atoms with van der Waals surface area (Å²) < 4.78 is 5.45. The molecule has 2 aromatic rings. The first-order valence-corrected chi connectivity index (χ1v) is 6.36. The first-order valence-electron chi connectivity index (χ1n) is 6.36. The number of nitrogens with two attached hydrogens (primary N) is 1. The van der Waals surface area contributed by atoms with Gasteiger partial charge in [0.2, 0.25) is 0 Å². The number of aryl methyl sites for hydroxylation is 1. The van der Waals surface area contributed by atoms with Gasteiger partial charge in [0.15, 0.2) is 0 Å². The zero-order chi connectivity index (χ0) is 13.7. The fourth-order valence-electron chi connectivity index (χ4n) is 1.88. The average molecular weight is 255 g/mol. The summed E-state index contributed by atoms with van der Waals surface area (Å²) in [4.78, 5) is 12.0. The van der Waals surface area contributed by atoms with Crippen molar-refractivity contribution in [3.05, 3.63) is 59.7 Å². The summed E-state index contributed by atoms with van der Waals surface area (Å²) >= 11 is 0. The van der Waals surface area contributed by atoms with Crippen LogP contribution in [0.5, 0.6) is 5.75 Å². The molecule has 3 nitrogen and oxygen atoms in total. The number of hydrogen-bond donors (Lipinski definition) is 1. The highest BCUT2D eigenvalue weighted by Crippen LogP contribution is 2.24. The minimum atomic E-state index is -0.358. The maximum atomic E-state index is 12.0. The Morgan fingerprint density at radius 3 is 2.58 bits per heavy atom. The number of carbonyl (C=O) groups is 1. The number of rotatable bonds is 4. The number of benzene rings is 2. The Kier molecular flexibility index (Phi) is 4.18. The molecular weight excluding hydrogens is 238 g/mol. The Morgan fingerprint density at radius 1 is 1.16 bits per heavy atom. The lowest BCUT2D eigenvalue weighted by atomic mass is 10.1. The third-order valence-electron chi connectivity index (χ3n) is 2.82. The molecule has 98 valence electrons. The molecule has 2 rings (SSSR count). The lowest BCUT2D eigenvalue weighted by molar-refractivity contribution is 0.0733. The number of hydrogen-bond acceptors (Lipinski definition) is 3. The second kappa shape index (κ2) is 6.05. The largest absolute Gasteiger partial charge is 0.423 e. The fourth-order valence-corrected chi connectivity index (χ4v) is 1.88. The van der Waals surface area contributed by atoms with Gasteiger partial charge in [-0.2, -0.15) is 0 Å². The topological polar surface area (TPSA) is 52.3 Å². The predicted octanol–water partition coefficient (Wildman–Crippen LogP) is 3.44. The molecule has 0 unspecified atom stereocenters. The molecule has 0 bridgehead atoms. The lowest BCUT2D eigenvalue weighted by Crippen LogP contribution is -2.10. The minimum Gasteiger partial charge on any atom is -0.423 e. The van der Waals surface area contributed by atoms with Crippen LogP contribution in [0.2, 0.25) is 0 Å². The van der Waals surface area contributed by atoms with E-state index in [1.54, 1.807) is 18.2 Å². The molecule has 0 amide bonds. The zero-order valence-corrected chi connectivity index (χ0v) is 10.9. The van der Waals surface area contributed by atoms with Crippen molar-refractivity contribution in [2.45, 2.75) is 19.8 Å². The van der Waals surface area contributed by atoms with E-state index in [0.717, 1.165) is 18.4 Å². The van der Waals surface area contributed by atoms with Gasteiger partial charge in [-0.05, 0) is 30.2 Å². The molecule has 0 aliphatic carbocycles. The van der Waals surface area contributed by atoms with Crippen LogP contribution in [0.3, 0.4) is 0 Å². The van der Waals surface area contributed by atoms with Crippen LogP contribution in [-0.4, -0.2) is 5.97 Å². The van der Waals surface area contributed by atoms with Crippen molar-refractivity contribution in [1.82, 2.24) is 0 Å². The van der Waals surface area contributed by atoms with Gasteiger partial charge in [0.25, 0.3) is 0 Å². The average Bonchev–Trinajstić information content (AvgIpc) is 2.43. The van der Waals surface area contributed by atoms with Gasteiger partial charge in [-0.25, -0.2) is 4.79 Å². The van der Waals surface area contributed by atoms with E-state index in [4.69, 9.17) is 10.5 Å². The standard InChI is InChI=1S/C16H17NO2/c1-2-6-12-9-10-14(17)11-15(12)19-16(18)13-7-4-3-5-8-13/h3-5,7-11H,2,6,17H2,1H3. The molecule has 2 N–H and O–H groups in total. The molecule has 2 aromatic carbocycles. The molecule has 0 aromatic heterocycles. The maximum Gasteiger partial charge on any atom is 0.343 e. The van der Waals surface area contributed by atoms with Crippen LogP contribution in [0, 0.1) is 0 Å². The lowest BCUT2D eigenvalue weighted by Gasteiger charge is -2.10. The van der Waals surface area contributed by atoms with Crippen molar-refractivity contribution in [3.8, 4) is 5.75 Å². The van der Waals surface area contributed by atoms with E-state index < -0.39 is 0 Å². The Labute approximate surface area is 113 Å². The van der Waals surface area contributed by atoms with Crippen LogP contribution in [0.25, 0.3) is 0 Å². The third kappa shape index (κ3) is 3.35. The van der Waals surface area contributed by atoms with Crippen LogP contribution in [-0.2, 0) is 6.42 Å². The summed E-state index contributed by atoms with van der Waals surface area (Å²) in [7, 11) is 0. The van der Waals surface area contributed by atoms with Gasteiger partial charge in [0.05, 0.1) is 5.56 Å². The summed E-state index contributed by atoms with van der Waals surface area (Å²) in [6.07, 6.45) is 1.84. The number of anilines is 1. The summed E-state index contributed by atoms with van der Waals surface area (Å²) in [5.74, 6) is 0.194. The summed E-state index contributed by atoms with van der Waals surface area (Å²) in [6, 6.07) is 14.4. The molecule has 0 aliphatic rings. The molecule has 19 heavy (non-hydrogen) atoms. The second-order valence-electron chi connectivity index (χ2n) is 4.37. The molecule has 0 atom stereocenters. The SMILES string of the molecule is CCCc1ccc(N)cc1OC(=O)c1ccccc1. The van der Waals surface area contributed by atoms with Gasteiger partial charge >= 0.3 is 5.97 Å². The number of nitrogen functional groups attached to an aromatic ring is 1. The highest BCUT2D eigenvalue weighted by atomic mass is 16.5. The van der Waals surface area contributed by atoms with E-state index in [1.807, 2.05) is 30.3 Å². The van der Waals surface area contributed by atoms with Gasteiger partial charge < -0.3 is 10.5 Å². The Morgan fingerprint density at radius 2 is 1.89 bits per heavy atom. The van der Waals surface area contributed by atoms with Crippen molar-refractivity contribution in [3.63, 3.8) is 0 Å². The van der Waals surface area contributed by atoms with Crippen LogP contribution in [0.15, 0.2) is 48.5 Å². The van der Waals surface area contributed by atoms with Gasteiger partial charge in [-0.1, -0.05) is 37.6 Å². The van der Waals surface area contributed by atoms with Crippen LogP contribution in [0.4, 0.5) is 5.69 Å². The Hall–Kier alpha value is -2.29. The quantitative estimate of drug-likeness (QED) is 0.517. The van der Waals surface area contributed by atoms with Gasteiger partial charge in [0.1, 0.15) is 5.75 Å². The molecule has 0 aliphatic heterocycles. The maximum absolute atomic E-state index is 12.0. The van der Waals surface area contributed by atoms with Crippen molar-refractivity contribution in [1.29, 1.82) is 0 Å². The first kappa shape index (κ1) is 13.1. The van der Waals surface area contributed by atoms with Gasteiger partial charge in [0, 0.05) is 11.8 Å². The molecule has 0 fully saturated rings. The third-order valence-corrected chi connectivity index (χ3v) is 2.82.